The van der Waals surface area contributed by atoms with E-state index in [0.29, 0.717) is 11.8 Å². The molecule has 0 radical (unpaired) electrons. The van der Waals surface area contributed by atoms with Gasteiger partial charge in [-0.3, -0.25) is 4.79 Å². The molecule has 0 saturated heterocycles. The van der Waals surface area contributed by atoms with E-state index in [-0.39, 0.29) is 11.3 Å². The smallest absolute Gasteiger partial charge is 0.307 e. The minimum absolute atomic E-state index is 0.263. The molecular formula is C10H11NO3. The lowest BCUT2D eigenvalue weighted by atomic mass is 9.60. The lowest BCUT2D eigenvalue weighted by Crippen LogP contribution is -2.48. The van der Waals surface area contributed by atoms with Crippen LogP contribution in [-0.2, 0) is 10.2 Å². The van der Waals surface area contributed by atoms with E-state index in [1.165, 1.54) is 6.26 Å². The first-order chi connectivity index (χ1) is 6.74. The number of carboxylic acids is 1. The highest BCUT2D eigenvalue weighted by Gasteiger charge is 2.65. The lowest BCUT2D eigenvalue weighted by Gasteiger charge is -2.42. The summed E-state index contributed by atoms with van der Waals surface area (Å²) in [5.74, 6) is 0.0103. The van der Waals surface area contributed by atoms with Crippen molar-refractivity contribution < 1.29 is 14.3 Å². The van der Waals surface area contributed by atoms with E-state index >= 15 is 0 Å². The molecular weight excluding hydrogens is 182 g/mol. The molecule has 0 aliphatic heterocycles. The number of carbonyl (C=O) groups is 1. The molecule has 4 rings (SSSR count). The van der Waals surface area contributed by atoms with Crippen LogP contribution in [0.5, 0.6) is 0 Å². The van der Waals surface area contributed by atoms with Crippen molar-refractivity contribution in [3.8, 4) is 0 Å². The fourth-order valence-corrected chi connectivity index (χ4v) is 3.21. The monoisotopic (exact) mass is 193 g/mol. The molecule has 3 saturated carbocycles. The van der Waals surface area contributed by atoms with Gasteiger partial charge >= 0.3 is 5.97 Å². The molecule has 1 heterocycles. The van der Waals surface area contributed by atoms with E-state index in [4.69, 9.17) is 9.52 Å². The zero-order valence-corrected chi connectivity index (χ0v) is 7.64. The Balaban J connectivity index is 2.01. The van der Waals surface area contributed by atoms with Crippen LogP contribution in [0.3, 0.4) is 0 Å². The van der Waals surface area contributed by atoms with Gasteiger partial charge in [0.15, 0.2) is 0 Å². The molecule has 0 spiro atoms. The summed E-state index contributed by atoms with van der Waals surface area (Å²) in [5, 5.41) is 9.11. The zero-order chi connectivity index (χ0) is 9.76. The average Bonchev–Trinajstić information content (AvgIpc) is 2.77. The van der Waals surface area contributed by atoms with Gasteiger partial charge in [-0.1, -0.05) is 0 Å². The maximum atomic E-state index is 11.1. The number of rotatable bonds is 2. The second-order valence-corrected chi connectivity index (χ2v) is 4.31. The van der Waals surface area contributed by atoms with Crippen LogP contribution < -0.4 is 0 Å². The van der Waals surface area contributed by atoms with Crippen molar-refractivity contribution in [1.29, 1.82) is 0 Å². The highest BCUT2D eigenvalue weighted by atomic mass is 16.4. The van der Waals surface area contributed by atoms with Gasteiger partial charge in [0, 0.05) is 0 Å². The first-order valence-corrected chi connectivity index (χ1v) is 4.87. The number of fused-ring (bicyclic) bond motifs is 1. The summed E-state index contributed by atoms with van der Waals surface area (Å²) in [6.07, 6.45) is 5.96. The van der Waals surface area contributed by atoms with Crippen molar-refractivity contribution in [3.63, 3.8) is 0 Å². The van der Waals surface area contributed by atoms with Crippen LogP contribution in [0.2, 0.25) is 0 Å². The van der Waals surface area contributed by atoms with E-state index in [2.05, 4.69) is 4.98 Å². The topological polar surface area (TPSA) is 63.3 Å². The van der Waals surface area contributed by atoms with Crippen molar-refractivity contribution in [1.82, 2.24) is 4.98 Å². The second-order valence-electron chi connectivity index (χ2n) is 4.31. The van der Waals surface area contributed by atoms with Gasteiger partial charge in [0.2, 0.25) is 5.89 Å². The maximum Gasteiger partial charge on any atom is 0.307 e. The number of carboxylic acid groups (broad SMARTS) is 1. The van der Waals surface area contributed by atoms with Crippen LogP contribution >= 0.6 is 0 Å². The molecule has 1 aromatic rings. The van der Waals surface area contributed by atoms with Gasteiger partial charge in [-0.05, 0) is 25.2 Å². The summed E-state index contributed by atoms with van der Waals surface area (Å²) >= 11 is 0. The molecule has 4 heteroatoms. The molecule has 74 valence electrons. The molecule has 3 unspecified atom stereocenters. The van der Waals surface area contributed by atoms with Gasteiger partial charge in [-0.25, -0.2) is 4.98 Å². The first kappa shape index (κ1) is 8.03. The van der Waals surface area contributed by atoms with Gasteiger partial charge in [-0.15, -0.1) is 0 Å². The predicted molar refractivity (Wildman–Crippen MR) is 46.6 cm³/mol. The first-order valence-electron chi connectivity index (χ1n) is 4.87. The normalized spacial score (nSPS) is 39.4. The summed E-state index contributed by atoms with van der Waals surface area (Å²) in [4.78, 5) is 15.2. The molecule has 3 fully saturated rings. The van der Waals surface area contributed by atoms with Crippen LogP contribution in [0.15, 0.2) is 16.9 Å². The molecule has 14 heavy (non-hydrogen) atoms. The third-order valence-corrected chi connectivity index (χ3v) is 3.78. The van der Waals surface area contributed by atoms with Gasteiger partial charge in [0.25, 0.3) is 0 Å². The molecule has 3 aliphatic carbocycles. The second kappa shape index (κ2) is 2.38. The molecule has 2 bridgehead atoms. The molecule has 3 atom stereocenters. The highest BCUT2D eigenvalue weighted by molar-refractivity contribution is 5.75. The molecule has 1 N–H and O–H groups in total. The average molecular weight is 193 g/mol. The van der Waals surface area contributed by atoms with Gasteiger partial charge in [-0.2, -0.15) is 0 Å². The zero-order valence-electron chi connectivity index (χ0n) is 7.64. The predicted octanol–water partition coefficient (Wildman–Crippen LogP) is 1.43. The molecule has 0 aromatic carbocycles. The van der Waals surface area contributed by atoms with Gasteiger partial charge in [0.1, 0.15) is 6.26 Å². The Labute approximate surface area is 80.9 Å². The summed E-state index contributed by atoms with van der Waals surface area (Å²) in [5.41, 5.74) is -0.278. The van der Waals surface area contributed by atoms with E-state index in [1.807, 2.05) is 0 Å². The standard InChI is InChI=1S/C10H11NO3/c12-8(13)7-6-1-2-10(7,5-6)9-11-3-4-14-9/h3-4,6-7H,1-2,5H2,(H,12,13). The quantitative estimate of drug-likeness (QED) is 0.771. The molecule has 4 nitrogen and oxygen atoms in total. The van der Waals surface area contributed by atoms with Crippen LogP contribution in [-0.4, -0.2) is 16.1 Å². The molecule has 3 aliphatic rings. The van der Waals surface area contributed by atoms with Crippen molar-refractivity contribution >= 4 is 5.97 Å². The fraction of sp³-hybridized carbons (Fsp3) is 0.600. The van der Waals surface area contributed by atoms with Gasteiger partial charge in [0.05, 0.1) is 17.5 Å². The third-order valence-electron chi connectivity index (χ3n) is 3.78. The number of oxazole rings is 1. The highest BCUT2D eigenvalue weighted by Crippen LogP contribution is 2.63. The van der Waals surface area contributed by atoms with Crippen LogP contribution in [0.4, 0.5) is 0 Å². The molecule has 0 amide bonds. The number of aliphatic carboxylic acids is 1. The Kier molecular flexibility index (Phi) is 1.36. The van der Waals surface area contributed by atoms with Crippen LogP contribution in [0, 0.1) is 11.8 Å². The summed E-state index contributed by atoms with van der Waals surface area (Å²) < 4.78 is 5.26. The fourth-order valence-electron chi connectivity index (χ4n) is 3.21. The maximum absolute atomic E-state index is 11.1. The number of hydrogen-bond donors (Lipinski definition) is 1. The minimum Gasteiger partial charge on any atom is -0.481 e. The Bertz CT molecular complexity index is 369. The summed E-state index contributed by atoms with van der Waals surface area (Å²) in [6.45, 7) is 0. The third kappa shape index (κ3) is 0.744. The van der Waals surface area contributed by atoms with Crippen molar-refractivity contribution in [3.05, 3.63) is 18.4 Å². The van der Waals surface area contributed by atoms with E-state index < -0.39 is 5.97 Å². The Morgan fingerprint density at radius 2 is 2.57 bits per heavy atom. The number of hydrogen-bond acceptors (Lipinski definition) is 3. The van der Waals surface area contributed by atoms with E-state index in [0.717, 1.165) is 19.3 Å². The number of aromatic nitrogens is 1. The Morgan fingerprint density at radius 3 is 3.14 bits per heavy atom. The van der Waals surface area contributed by atoms with Crippen molar-refractivity contribution in [2.75, 3.05) is 0 Å². The van der Waals surface area contributed by atoms with Gasteiger partial charge < -0.3 is 9.52 Å². The summed E-state index contributed by atoms with van der Waals surface area (Å²) in [6, 6.07) is 0. The Morgan fingerprint density at radius 1 is 1.71 bits per heavy atom. The van der Waals surface area contributed by atoms with E-state index in [1.54, 1.807) is 6.20 Å². The minimum atomic E-state index is -0.697. The lowest BCUT2D eigenvalue weighted by molar-refractivity contribution is -0.151. The Hall–Kier alpha value is -1.32. The SMILES string of the molecule is O=C(O)C1C2CCC1(c1ncco1)C2. The van der Waals surface area contributed by atoms with E-state index in [9.17, 15) is 4.79 Å². The van der Waals surface area contributed by atoms with Crippen molar-refractivity contribution in [2.45, 2.75) is 24.7 Å². The number of nitrogens with zero attached hydrogens (tertiary/aromatic N) is 1. The molecule has 1 aromatic heterocycles. The summed E-state index contributed by atoms with van der Waals surface area (Å²) in [7, 11) is 0. The van der Waals surface area contributed by atoms with Crippen molar-refractivity contribution in [2.24, 2.45) is 11.8 Å². The largest absolute Gasteiger partial charge is 0.481 e. The van der Waals surface area contributed by atoms with Crippen LogP contribution in [0.25, 0.3) is 0 Å². The van der Waals surface area contributed by atoms with Crippen LogP contribution in [0.1, 0.15) is 25.2 Å².